The number of rotatable bonds is 4. The number of hydrogen-bond acceptors (Lipinski definition) is 3. The van der Waals surface area contributed by atoms with E-state index in [1.807, 2.05) is 25.1 Å². The third-order valence-electron chi connectivity index (χ3n) is 2.35. The van der Waals surface area contributed by atoms with Gasteiger partial charge in [-0.25, -0.2) is 0 Å². The highest BCUT2D eigenvalue weighted by molar-refractivity contribution is 9.10. The molecule has 1 heterocycles. The third kappa shape index (κ3) is 3.34. The van der Waals surface area contributed by atoms with Crippen LogP contribution >= 0.6 is 38.9 Å². The number of halogens is 2. The van der Waals surface area contributed by atoms with E-state index in [1.165, 1.54) is 11.3 Å². The van der Waals surface area contributed by atoms with Crippen LogP contribution in [0.25, 0.3) is 0 Å². The number of carbonyl (C=O) groups excluding carboxylic acids is 1. The average molecular weight is 346 g/mol. The fourth-order valence-electron chi connectivity index (χ4n) is 1.39. The largest absolute Gasteiger partial charge is 0.485 e. The van der Waals surface area contributed by atoms with E-state index in [0.29, 0.717) is 15.0 Å². The summed E-state index contributed by atoms with van der Waals surface area (Å²) in [6, 6.07) is 9.04. The summed E-state index contributed by atoms with van der Waals surface area (Å²) < 4.78 is 7.09. The highest BCUT2D eigenvalue weighted by Crippen LogP contribution is 2.23. The summed E-state index contributed by atoms with van der Waals surface area (Å²) in [6.45, 7) is 2.00. The van der Waals surface area contributed by atoms with Crippen molar-refractivity contribution in [3.63, 3.8) is 0 Å². The summed E-state index contributed by atoms with van der Waals surface area (Å²) >= 11 is 10.5. The van der Waals surface area contributed by atoms with Crippen LogP contribution in [0.5, 0.6) is 5.75 Å². The number of ether oxygens (including phenoxy) is 1. The molecule has 2 aromatic rings. The maximum Gasteiger partial charge on any atom is 0.210 e. The molecule has 0 aliphatic rings. The van der Waals surface area contributed by atoms with Crippen LogP contribution in [-0.2, 0) is 0 Å². The Labute approximate surface area is 123 Å². The van der Waals surface area contributed by atoms with Crippen LogP contribution in [0.3, 0.4) is 0 Å². The Bertz CT molecular complexity index is 580. The van der Waals surface area contributed by atoms with E-state index >= 15 is 0 Å². The van der Waals surface area contributed by atoms with Crippen molar-refractivity contribution in [1.82, 2.24) is 0 Å². The van der Waals surface area contributed by atoms with Crippen LogP contribution in [-0.4, -0.2) is 12.4 Å². The number of Topliss-reactive ketones (excluding diaryl/α,β-unsaturated/α-hetero) is 1. The van der Waals surface area contributed by atoms with Crippen molar-refractivity contribution in [2.24, 2.45) is 0 Å². The van der Waals surface area contributed by atoms with E-state index in [9.17, 15) is 4.79 Å². The van der Waals surface area contributed by atoms with E-state index < -0.39 is 0 Å². The van der Waals surface area contributed by atoms with E-state index in [1.54, 1.807) is 12.1 Å². The molecule has 2 nitrogen and oxygen atoms in total. The molecule has 0 radical (unpaired) electrons. The molecule has 0 saturated heterocycles. The Morgan fingerprint density at radius 1 is 1.39 bits per heavy atom. The van der Waals surface area contributed by atoms with Crippen molar-refractivity contribution in [3.05, 3.63) is 49.6 Å². The lowest BCUT2D eigenvalue weighted by molar-refractivity contribution is 0.0925. The zero-order valence-corrected chi connectivity index (χ0v) is 12.7. The third-order valence-corrected chi connectivity index (χ3v) is 4.51. The van der Waals surface area contributed by atoms with Crippen molar-refractivity contribution in [1.29, 1.82) is 0 Å². The van der Waals surface area contributed by atoms with Gasteiger partial charge in [0.05, 0.1) is 9.21 Å². The van der Waals surface area contributed by atoms with Gasteiger partial charge >= 0.3 is 0 Å². The molecule has 1 aromatic heterocycles. The zero-order valence-electron chi connectivity index (χ0n) is 9.57. The summed E-state index contributed by atoms with van der Waals surface area (Å²) in [4.78, 5) is 12.4. The molecule has 2 rings (SSSR count). The molecule has 0 atom stereocenters. The lowest BCUT2D eigenvalue weighted by Gasteiger charge is -2.06. The van der Waals surface area contributed by atoms with E-state index in [0.717, 1.165) is 10.0 Å². The molecule has 94 valence electrons. The van der Waals surface area contributed by atoms with Crippen molar-refractivity contribution < 1.29 is 9.53 Å². The van der Waals surface area contributed by atoms with Crippen LogP contribution in [0.2, 0.25) is 4.34 Å². The molecule has 0 aliphatic heterocycles. The Morgan fingerprint density at radius 2 is 2.17 bits per heavy atom. The van der Waals surface area contributed by atoms with Gasteiger partial charge < -0.3 is 4.74 Å². The topological polar surface area (TPSA) is 26.3 Å². The van der Waals surface area contributed by atoms with Gasteiger partial charge in [0.1, 0.15) is 5.75 Å². The van der Waals surface area contributed by atoms with Crippen molar-refractivity contribution in [2.75, 3.05) is 6.61 Å². The first-order valence-electron chi connectivity index (χ1n) is 5.24. The molecule has 0 aliphatic carbocycles. The molecule has 0 spiro atoms. The summed E-state index contributed by atoms with van der Waals surface area (Å²) in [5.41, 5.74) is 1.07. The van der Waals surface area contributed by atoms with Crippen LogP contribution in [0.1, 0.15) is 15.2 Å². The first-order valence-corrected chi connectivity index (χ1v) is 7.22. The van der Waals surface area contributed by atoms with E-state index in [-0.39, 0.29) is 12.4 Å². The minimum absolute atomic E-state index is 0.0257. The van der Waals surface area contributed by atoms with Gasteiger partial charge in [-0.1, -0.05) is 27.5 Å². The lowest BCUT2D eigenvalue weighted by Crippen LogP contribution is -2.10. The van der Waals surface area contributed by atoms with Crippen molar-refractivity contribution in [2.45, 2.75) is 6.92 Å². The molecule has 0 bridgehead atoms. The molecule has 5 heteroatoms. The Kier molecular flexibility index (Phi) is 4.43. The number of benzene rings is 1. The molecule has 0 N–H and O–H groups in total. The van der Waals surface area contributed by atoms with Gasteiger partial charge in [0.2, 0.25) is 5.78 Å². The molecular weight excluding hydrogens is 336 g/mol. The van der Waals surface area contributed by atoms with Gasteiger partial charge in [-0.05, 0) is 42.8 Å². The number of aryl methyl sites for hydroxylation is 1. The van der Waals surface area contributed by atoms with Gasteiger partial charge in [-0.15, -0.1) is 11.3 Å². The minimum Gasteiger partial charge on any atom is -0.485 e. The number of carbonyl (C=O) groups is 1. The highest BCUT2D eigenvalue weighted by Gasteiger charge is 2.09. The zero-order chi connectivity index (χ0) is 13.1. The van der Waals surface area contributed by atoms with Gasteiger partial charge in [-0.3, -0.25) is 4.79 Å². The second-order valence-corrected chi connectivity index (χ2v) is 6.30. The number of thiophene rings is 1. The molecule has 0 unspecified atom stereocenters. The first kappa shape index (κ1) is 13.6. The molecule has 0 saturated carbocycles. The van der Waals surface area contributed by atoms with Gasteiger partial charge in [0, 0.05) is 4.47 Å². The molecular formula is C13H10BrClO2S. The fraction of sp³-hybridized carbons (Fsp3) is 0.154. The van der Waals surface area contributed by atoms with Crippen molar-refractivity contribution in [3.8, 4) is 5.75 Å². The Hall–Kier alpha value is -0.840. The quantitative estimate of drug-likeness (QED) is 0.749. The van der Waals surface area contributed by atoms with Gasteiger partial charge in [-0.2, -0.15) is 0 Å². The molecule has 0 amide bonds. The first-order chi connectivity index (χ1) is 8.56. The van der Waals surface area contributed by atoms with Crippen LogP contribution < -0.4 is 4.74 Å². The van der Waals surface area contributed by atoms with Crippen LogP contribution in [0.15, 0.2) is 34.8 Å². The summed E-state index contributed by atoms with van der Waals surface area (Å²) in [6.07, 6.45) is 0. The predicted octanol–water partition coefficient (Wildman–Crippen LogP) is 4.73. The monoisotopic (exact) mass is 344 g/mol. The highest BCUT2D eigenvalue weighted by atomic mass is 79.9. The maximum atomic E-state index is 11.8. The Balaban J connectivity index is 1.99. The van der Waals surface area contributed by atoms with Gasteiger partial charge in [0.15, 0.2) is 6.61 Å². The minimum atomic E-state index is -0.0625. The molecule has 1 aromatic carbocycles. The molecule has 18 heavy (non-hydrogen) atoms. The maximum absolute atomic E-state index is 11.8. The molecule has 0 fully saturated rings. The number of ketones is 1. The van der Waals surface area contributed by atoms with Crippen LogP contribution in [0, 0.1) is 6.92 Å². The standard InChI is InChI=1S/C13H10BrClO2S/c1-8-6-9(2-3-10(8)14)17-7-11(16)12-4-5-13(15)18-12/h2-6H,7H2,1H3. The normalized spacial score (nSPS) is 10.4. The number of hydrogen-bond donors (Lipinski definition) is 0. The second kappa shape index (κ2) is 5.87. The van der Waals surface area contributed by atoms with Crippen LogP contribution in [0.4, 0.5) is 0 Å². The van der Waals surface area contributed by atoms with E-state index in [4.69, 9.17) is 16.3 Å². The smallest absolute Gasteiger partial charge is 0.210 e. The second-order valence-electron chi connectivity index (χ2n) is 3.73. The lowest BCUT2D eigenvalue weighted by atomic mass is 10.2. The SMILES string of the molecule is Cc1cc(OCC(=O)c2ccc(Cl)s2)ccc1Br. The predicted molar refractivity (Wildman–Crippen MR) is 78.0 cm³/mol. The van der Waals surface area contributed by atoms with E-state index in [2.05, 4.69) is 15.9 Å². The summed E-state index contributed by atoms with van der Waals surface area (Å²) in [5.74, 6) is 0.624. The van der Waals surface area contributed by atoms with Crippen molar-refractivity contribution >= 4 is 44.7 Å². The van der Waals surface area contributed by atoms with Gasteiger partial charge in [0.25, 0.3) is 0 Å². The fourth-order valence-corrected chi connectivity index (χ4v) is 2.61. The average Bonchev–Trinajstić information content (AvgIpc) is 2.77. The summed E-state index contributed by atoms with van der Waals surface area (Å²) in [5, 5.41) is 0. The Morgan fingerprint density at radius 3 is 2.78 bits per heavy atom. The summed E-state index contributed by atoms with van der Waals surface area (Å²) in [7, 11) is 0.